The van der Waals surface area contributed by atoms with Crippen molar-refractivity contribution in [3.63, 3.8) is 0 Å². The molecule has 0 amide bonds. The van der Waals surface area contributed by atoms with Gasteiger partial charge in [-0.1, -0.05) is 126 Å². The third-order valence-electron chi connectivity index (χ3n) is 11.2. The maximum absolute atomic E-state index is 2.59. The maximum atomic E-state index is 2.59. The molecule has 4 aliphatic rings. The molecule has 0 saturated carbocycles. The van der Waals surface area contributed by atoms with Crippen LogP contribution in [0.4, 0.5) is 0 Å². The summed E-state index contributed by atoms with van der Waals surface area (Å²) in [5, 5.41) is 0. The summed E-state index contributed by atoms with van der Waals surface area (Å²) in [5.74, 6) is 0.526. The van der Waals surface area contributed by atoms with E-state index < -0.39 is 0 Å². The van der Waals surface area contributed by atoms with E-state index in [4.69, 9.17) is 0 Å². The summed E-state index contributed by atoms with van der Waals surface area (Å²) in [6.07, 6.45) is 4.86. The minimum Gasteiger partial charge on any atom is -0.0891 e. The van der Waals surface area contributed by atoms with Gasteiger partial charge in [0.05, 0.1) is 0 Å². The van der Waals surface area contributed by atoms with E-state index in [-0.39, 0.29) is 16.2 Å². The molecule has 0 saturated heterocycles. The van der Waals surface area contributed by atoms with Gasteiger partial charge in [-0.05, 0) is 98.2 Å². The average Bonchev–Trinajstić information content (AvgIpc) is 3.38. The Morgan fingerprint density at radius 2 is 1.29 bits per heavy atom. The molecule has 3 aliphatic carbocycles. The van der Waals surface area contributed by atoms with Crippen LogP contribution in [-0.4, -0.2) is 0 Å². The van der Waals surface area contributed by atoms with Crippen molar-refractivity contribution < 1.29 is 0 Å². The number of rotatable bonds is 2. The zero-order valence-electron chi connectivity index (χ0n) is 25.1. The Hall–Kier alpha value is -3.29. The van der Waals surface area contributed by atoms with Gasteiger partial charge in [0.25, 0.3) is 0 Å². The van der Waals surface area contributed by atoms with Crippen molar-refractivity contribution in [2.24, 2.45) is 5.92 Å². The summed E-state index contributed by atoms with van der Waals surface area (Å²) < 4.78 is 0. The van der Waals surface area contributed by atoms with Gasteiger partial charge in [0.2, 0.25) is 0 Å². The number of allylic oxidation sites excluding steroid dienone is 3. The number of thioether (sulfide) groups is 1. The summed E-state index contributed by atoms with van der Waals surface area (Å²) >= 11 is 2.01. The van der Waals surface area contributed by atoms with Crippen molar-refractivity contribution in [2.75, 3.05) is 0 Å². The van der Waals surface area contributed by atoms with Crippen LogP contribution in [0.15, 0.2) is 106 Å². The highest BCUT2D eigenvalue weighted by atomic mass is 32.2. The SMILES string of the molecule is CCC1(C)c2cc(-c3ccc4c(c3)C(C)(C)c3ccccc3-4)ccc2C2=C3Sc4ccccc4C(C)(C)C3=CCC21. The van der Waals surface area contributed by atoms with Crippen LogP contribution in [0.1, 0.15) is 82.2 Å². The average molecular weight is 551 g/mol. The van der Waals surface area contributed by atoms with E-state index in [9.17, 15) is 0 Å². The lowest BCUT2D eigenvalue weighted by Gasteiger charge is -2.42. The van der Waals surface area contributed by atoms with E-state index >= 15 is 0 Å². The van der Waals surface area contributed by atoms with Gasteiger partial charge >= 0.3 is 0 Å². The predicted octanol–water partition coefficient (Wildman–Crippen LogP) is 11.1. The molecule has 8 rings (SSSR count). The molecule has 1 heteroatoms. The lowest BCUT2D eigenvalue weighted by molar-refractivity contribution is 0.361. The first-order chi connectivity index (χ1) is 19.7. The fraction of sp³-hybridized carbons (Fsp3) is 0.300. The third-order valence-corrected chi connectivity index (χ3v) is 12.4. The molecule has 0 nitrogen and oxygen atoms in total. The van der Waals surface area contributed by atoms with Crippen LogP contribution >= 0.6 is 11.8 Å². The molecule has 1 aliphatic heterocycles. The van der Waals surface area contributed by atoms with Crippen LogP contribution in [0.2, 0.25) is 0 Å². The second-order valence-electron chi connectivity index (χ2n) is 13.8. The van der Waals surface area contributed by atoms with E-state index in [1.54, 1.807) is 11.1 Å². The molecule has 1 heterocycles. The standard InChI is InChI=1S/C40H38S/c1-7-40(6)31-20-21-32-37(41-35-15-11-10-14-30(35)39(32,4)5)36(31)28-19-17-25(23-34(28)40)24-16-18-27-26-12-8-9-13-29(26)38(2,3)33(27)22-24/h8-19,21-23,31H,7,20H2,1-6H3. The third kappa shape index (κ3) is 3.25. The fourth-order valence-corrected chi connectivity index (χ4v) is 10.2. The van der Waals surface area contributed by atoms with Crippen molar-refractivity contribution in [1.82, 2.24) is 0 Å². The lowest BCUT2D eigenvalue weighted by atomic mass is 9.67. The van der Waals surface area contributed by atoms with Gasteiger partial charge in [-0.25, -0.2) is 0 Å². The summed E-state index contributed by atoms with van der Waals surface area (Å²) in [6, 6.07) is 32.6. The fourth-order valence-electron chi connectivity index (χ4n) is 8.55. The number of hydrogen-bond donors (Lipinski definition) is 0. The minimum absolute atomic E-state index is 0.0153. The van der Waals surface area contributed by atoms with Crippen LogP contribution in [0, 0.1) is 5.92 Å². The van der Waals surface area contributed by atoms with E-state index in [1.165, 1.54) is 59.9 Å². The molecule has 0 bridgehead atoms. The summed E-state index contributed by atoms with van der Waals surface area (Å²) in [6.45, 7) is 14.5. The number of fused-ring (bicyclic) bond motifs is 8. The quantitative estimate of drug-likeness (QED) is 0.239. The number of benzene rings is 4. The van der Waals surface area contributed by atoms with Crippen LogP contribution < -0.4 is 0 Å². The van der Waals surface area contributed by atoms with E-state index in [0.717, 1.165) is 12.8 Å². The Bertz CT molecular complexity index is 1840. The minimum atomic E-state index is 0.0153. The van der Waals surface area contributed by atoms with Crippen molar-refractivity contribution in [3.8, 4) is 22.3 Å². The van der Waals surface area contributed by atoms with Gasteiger partial charge in [0, 0.05) is 26.0 Å². The van der Waals surface area contributed by atoms with E-state index in [1.807, 2.05) is 11.8 Å². The first-order valence-corrected chi connectivity index (χ1v) is 16.1. The number of hydrogen-bond acceptors (Lipinski definition) is 1. The second-order valence-corrected chi connectivity index (χ2v) is 14.9. The van der Waals surface area contributed by atoms with Gasteiger partial charge in [-0.15, -0.1) is 0 Å². The maximum Gasteiger partial charge on any atom is 0.0201 e. The van der Waals surface area contributed by atoms with Gasteiger partial charge in [0.1, 0.15) is 0 Å². The monoisotopic (exact) mass is 550 g/mol. The Balaban J connectivity index is 1.28. The molecular formula is C40H38S. The topological polar surface area (TPSA) is 0 Å². The smallest absolute Gasteiger partial charge is 0.0201 e. The highest BCUT2D eigenvalue weighted by Crippen LogP contribution is 2.63. The second kappa shape index (κ2) is 8.39. The van der Waals surface area contributed by atoms with Crippen molar-refractivity contribution >= 4 is 17.3 Å². The van der Waals surface area contributed by atoms with Crippen LogP contribution in [0.25, 0.3) is 27.8 Å². The largest absolute Gasteiger partial charge is 0.0891 e. The zero-order chi connectivity index (χ0) is 28.3. The zero-order valence-corrected chi connectivity index (χ0v) is 25.9. The highest BCUT2D eigenvalue weighted by Gasteiger charge is 2.50. The van der Waals surface area contributed by atoms with Crippen LogP contribution in [0.3, 0.4) is 0 Å². The molecule has 41 heavy (non-hydrogen) atoms. The molecule has 0 aromatic heterocycles. The van der Waals surface area contributed by atoms with Crippen LogP contribution in [-0.2, 0) is 16.2 Å². The predicted molar refractivity (Wildman–Crippen MR) is 176 cm³/mol. The molecule has 0 radical (unpaired) electrons. The molecule has 0 fully saturated rings. The molecule has 204 valence electrons. The first-order valence-electron chi connectivity index (χ1n) is 15.3. The highest BCUT2D eigenvalue weighted by molar-refractivity contribution is 8.03. The van der Waals surface area contributed by atoms with E-state index in [2.05, 4.69) is 133 Å². The van der Waals surface area contributed by atoms with Crippen molar-refractivity contribution in [3.05, 3.63) is 129 Å². The van der Waals surface area contributed by atoms with Gasteiger partial charge in [-0.2, -0.15) is 0 Å². The Morgan fingerprint density at radius 3 is 2.05 bits per heavy atom. The Morgan fingerprint density at radius 1 is 0.659 bits per heavy atom. The van der Waals surface area contributed by atoms with Gasteiger partial charge in [0.15, 0.2) is 0 Å². The lowest BCUT2D eigenvalue weighted by Crippen LogP contribution is -2.32. The van der Waals surface area contributed by atoms with Crippen LogP contribution in [0.5, 0.6) is 0 Å². The van der Waals surface area contributed by atoms with Gasteiger partial charge < -0.3 is 0 Å². The normalized spacial score (nSPS) is 24.0. The Labute approximate surface area is 249 Å². The molecule has 0 spiro atoms. The molecule has 0 N–H and O–H groups in total. The molecule has 2 atom stereocenters. The summed E-state index contributed by atoms with van der Waals surface area (Å²) in [5.41, 5.74) is 16.1. The van der Waals surface area contributed by atoms with Crippen molar-refractivity contribution in [2.45, 2.75) is 75.5 Å². The Kier molecular flexibility index (Phi) is 5.20. The van der Waals surface area contributed by atoms with E-state index in [0.29, 0.717) is 5.92 Å². The summed E-state index contributed by atoms with van der Waals surface area (Å²) in [4.78, 5) is 2.94. The molecular weight excluding hydrogens is 513 g/mol. The van der Waals surface area contributed by atoms with Crippen molar-refractivity contribution in [1.29, 1.82) is 0 Å². The first kappa shape index (κ1) is 25.4. The molecule has 4 aromatic carbocycles. The molecule has 2 unspecified atom stereocenters. The van der Waals surface area contributed by atoms with Gasteiger partial charge in [-0.3, -0.25) is 0 Å². The summed E-state index contributed by atoms with van der Waals surface area (Å²) in [7, 11) is 0. The molecule has 4 aromatic rings.